The summed E-state index contributed by atoms with van der Waals surface area (Å²) >= 11 is 5.99. The van der Waals surface area contributed by atoms with E-state index in [1.165, 1.54) is 6.20 Å². The number of carbonyl (C=O) groups excluding carboxylic acids is 1. The molecular weight excluding hydrogens is 376 g/mol. The van der Waals surface area contributed by atoms with Crippen LogP contribution in [-0.4, -0.2) is 53.9 Å². The van der Waals surface area contributed by atoms with Gasteiger partial charge in [0, 0.05) is 30.4 Å². The van der Waals surface area contributed by atoms with Crippen molar-refractivity contribution in [2.75, 3.05) is 18.8 Å². The van der Waals surface area contributed by atoms with Crippen LogP contribution in [0, 0.1) is 0 Å². The minimum atomic E-state index is -3.22. The van der Waals surface area contributed by atoms with Gasteiger partial charge in [-0.2, -0.15) is 5.10 Å². The number of sulfonamides is 1. The van der Waals surface area contributed by atoms with Crippen LogP contribution in [0.3, 0.4) is 0 Å². The van der Waals surface area contributed by atoms with E-state index in [0.29, 0.717) is 36.5 Å². The monoisotopic (exact) mass is 396 g/mol. The highest BCUT2D eigenvalue weighted by molar-refractivity contribution is 7.89. The van der Waals surface area contributed by atoms with E-state index < -0.39 is 10.0 Å². The summed E-state index contributed by atoms with van der Waals surface area (Å²) in [6.07, 6.45) is 4.43. The van der Waals surface area contributed by atoms with Gasteiger partial charge in [-0.05, 0) is 38.0 Å². The van der Waals surface area contributed by atoms with E-state index in [-0.39, 0.29) is 17.7 Å². The number of rotatable bonds is 5. The maximum Gasteiger partial charge on any atom is 0.257 e. The van der Waals surface area contributed by atoms with Crippen LogP contribution < -0.4 is 4.72 Å². The van der Waals surface area contributed by atoms with Crippen molar-refractivity contribution in [3.8, 4) is 5.69 Å². The fraction of sp³-hybridized carbons (Fsp3) is 0.412. The average Bonchev–Trinajstić information content (AvgIpc) is 3.12. The molecule has 1 saturated heterocycles. The molecule has 0 atom stereocenters. The first kappa shape index (κ1) is 18.9. The number of aromatic nitrogens is 2. The lowest BCUT2D eigenvalue weighted by Gasteiger charge is -2.31. The third-order valence-electron chi connectivity index (χ3n) is 4.41. The van der Waals surface area contributed by atoms with Gasteiger partial charge >= 0.3 is 0 Å². The van der Waals surface area contributed by atoms with Gasteiger partial charge in [0.25, 0.3) is 5.91 Å². The Morgan fingerprint density at radius 3 is 2.73 bits per heavy atom. The van der Waals surface area contributed by atoms with Gasteiger partial charge in [-0.3, -0.25) is 4.79 Å². The van der Waals surface area contributed by atoms with Crippen molar-refractivity contribution in [1.82, 2.24) is 19.4 Å². The Labute approximate surface area is 158 Å². The molecule has 1 aliphatic heterocycles. The minimum Gasteiger partial charge on any atom is -0.338 e. The molecule has 1 aliphatic rings. The number of halogens is 1. The molecule has 7 nitrogen and oxygen atoms in total. The topological polar surface area (TPSA) is 84.3 Å². The SMILES string of the molecule is CCS(=O)(=O)NC1CCN(C(=O)c2cnn(-c3cccc(Cl)c3)c2)CC1. The molecule has 0 saturated carbocycles. The molecule has 0 aliphatic carbocycles. The quantitative estimate of drug-likeness (QED) is 0.838. The van der Waals surface area contributed by atoms with E-state index in [1.54, 1.807) is 34.8 Å². The van der Waals surface area contributed by atoms with Gasteiger partial charge in [0.05, 0.1) is 23.2 Å². The lowest BCUT2D eigenvalue weighted by molar-refractivity contribution is 0.0711. The van der Waals surface area contributed by atoms with E-state index in [9.17, 15) is 13.2 Å². The summed E-state index contributed by atoms with van der Waals surface area (Å²) in [5, 5.41) is 4.84. The van der Waals surface area contributed by atoms with Crippen molar-refractivity contribution in [1.29, 1.82) is 0 Å². The number of hydrogen-bond donors (Lipinski definition) is 1. The molecular formula is C17H21ClN4O3S. The molecule has 1 aromatic heterocycles. The van der Waals surface area contributed by atoms with Gasteiger partial charge in [-0.25, -0.2) is 17.8 Å². The zero-order valence-electron chi connectivity index (χ0n) is 14.4. The summed E-state index contributed by atoms with van der Waals surface area (Å²) in [5.74, 6) is -0.0375. The zero-order valence-corrected chi connectivity index (χ0v) is 16.0. The number of benzene rings is 1. The van der Waals surface area contributed by atoms with Gasteiger partial charge in [0.15, 0.2) is 0 Å². The highest BCUT2D eigenvalue weighted by Crippen LogP contribution is 2.17. The maximum atomic E-state index is 12.7. The van der Waals surface area contributed by atoms with Crippen molar-refractivity contribution in [3.63, 3.8) is 0 Å². The average molecular weight is 397 g/mol. The van der Waals surface area contributed by atoms with Crippen LogP contribution in [0.1, 0.15) is 30.1 Å². The molecule has 140 valence electrons. The fourth-order valence-corrected chi connectivity index (χ4v) is 4.01. The van der Waals surface area contributed by atoms with Gasteiger partial charge < -0.3 is 4.90 Å². The lowest BCUT2D eigenvalue weighted by atomic mass is 10.1. The molecule has 1 amide bonds. The van der Waals surface area contributed by atoms with Crippen molar-refractivity contribution in [2.24, 2.45) is 0 Å². The molecule has 1 fully saturated rings. The van der Waals surface area contributed by atoms with Crippen molar-refractivity contribution >= 4 is 27.5 Å². The molecule has 0 radical (unpaired) electrons. The highest BCUT2D eigenvalue weighted by atomic mass is 35.5. The Morgan fingerprint density at radius 1 is 1.35 bits per heavy atom. The van der Waals surface area contributed by atoms with Crippen LogP contribution in [0.2, 0.25) is 5.02 Å². The molecule has 0 bridgehead atoms. The summed E-state index contributed by atoms with van der Waals surface area (Å²) in [4.78, 5) is 14.4. The van der Waals surface area contributed by atoms with Gasteiger partial charge in [0.1, 0.15) is 0 Å². The first-order valence-corrected chi connectivity index (χ1v) is 10.5. The van der Waals surface area contributed by atoms with E-state index >= 15 is 0 Å². The largest absolute Gasteiger partial charge is 0.338 e. The van der Waals surface area contributed by atoms with Gasteiger partial charge in [0.2, 0.25) is 10.0 Å². The van der Waals surface area contributed by atoms with Gasteiger partial charge in [-0.15, -0.1) is 0 Å². The maximum absolute atomic E-state index is 12.7. The molecule has 9 heteroatoms. The number of nitrogens with zero attached hydrogens (tertiary/aromatic N) is 3. The number of carbonyl (C=O) groups is 1. The molecule has 2 aromatic rings. The van der Waals surface area contributed by atoms with Crippen LogP contribution >= 0.6 is 11.6 Å². The molecule has 0 spiro atoms. The van der Waals surface area contributed by atoms with E-state index in [4.69, 9.17) is 11.6 Å². The predicted octanol–water partition coefficient (Wildman–Crippen LogP) is 2.07. The van der Waals surface area contributed by atoms with Crippen LogP contribution in [0.25, 0.3) is 5.69 Å². The number of likely N-dealkylation sites (tertiary alicyclic amines) is 1. The number of nitrogens with one attached hydrogen (secondary N) is 1. The Balaban J connectivity index is 1.63. The first-order valence-electron chi connectivity index (χ1n) is 8.48. The second-order valence-electron chi connectivity index (χ2n) is 6.24. The summed E-state index contributed by atoms with van der Waals surface area (Å²) in [6.45, 7) is 2.63. The summed E-state index contributed by atoms with van der Waals surface area (Å²) in [6, 6.07) is 7.12. The second-order valence-corrected chi connectivity index (χ2v) is 8.72. The smallest absolute Gasteiger partial charge is 0.257 e. The third kappa shape index (κ3) is 4.44. The molecule has 2 heterocycles. The zero-order chi connectivity index (χ0) is 18.7. The van der Waals surface area contributed by atoms with E-state index in [2.05, 4.69) is 9.82 Å². The highest BCUT2D eigenvalue weighted by Gasteiger charge is 2.26. The Bertz CT molecular complexity index is 889. The normalized spacial score (nSPS) is 16.0. The molecule has 1 aromatic carbocycles. The lowest BCUT2D eigenvalue weighted by Crippen LogP contribution is -2.46. The fourth-order valence-electron chi connectivity index (χ4n) is 2.91. The van der Waals surface area contributed by atoms with Crippen molar-refractivity contribution in [3.05, 3.63) is 47.2 Å². The third-order valence-corrected chi connectivity index (χ3v) is 6.10. The first-order chi connectivity index (χ1) is 12.4. The number of hydrogen-bond acceptors (Lipinski definition) is 4. The van der Waals surface area contributed by atoms with E-state index in [1.807, 2.05) is 12.1 Å². The van der Waals surface area contributed by atoms with Crippen molar-refractivity contribution < 1.29 is 13.2 Å². The van der Waals surface area contributed by atoms with E-state index in [0.717, 1.165) is 5.69 Å². The van der Waals surface area contributed by atoms with Crippen LogP contribution in [0.15, 0.2) is 36.7 Å². The van der Waals surface area contributed by atoms with Crippen LogP contribution in [0.5, 0.6) is 0 Å². The molecule has 26 heavy (non-hydrogen) atoms. The van der Waals surface area contributed by atoms with Crippen molar-refractivity contribution in [2.45, 2.75) is 25.8 Å². The van der Waals surface area contributed by atoms with Crippen LogP contribution in [0.4, 0.5) is 0 Å². The minimum absolute atomic E-state index is 0.0643. The summed E-state index contributed by atoms with van der Waals surface area (Å²) < 4.78 is 27.6. The summed E-state index contributed by atoms with van der Waals surface area (Å²) in [7, 11) is -3.22. The number of amides is 1. The Morgan fingerprint density at radius 2 is 2.08 bits per heavy atom. The Hall–Kier alpha value is -1.90. The summed E-state index contributed by atoms with van der Waals surface area (Å²) in [5.41, 5.74) is 1.28. The standard InChI is InChI=1S/C17H21ClN4O3S/c1-2-26(24,25)20-15-6-8-21(9-7-15)17(23)13-11-19-22(12-13)16-5-3-4-14(18)10-16/h3-5,10-12,15,20H,2,6-9H2,1H3. The molecule has 0 unspecified atom stereocenters. The molecule has 1 N–H and O–H groups in total. The molecule has 3 rings (SSSR count). The number of piperidine rings is 1. The Kier molecular flexibility index (Phi) is 5.64. The second kappa shape index (κ2) is 7.77. The van der Waals surface area contributed by atoms with Crippen LogP contribution in [-0.2, 0) is 10.0 Å². The predicted molar refractivity (Wildman–Crippen MR) is 100 cm³/mol. The van der Waals surface area contributed by atoms with Gasteiger partial charge in [-0.1, -0.05) is 17.7 Å².